The number of amides is 1. The SMILES string of the molecule is NC1(C(=O)Nc2ccccc2-n2ccnc2)CCOCC1. The van der Waals surface area contributed by atoms with Crippen molar-refractivity contribution in [3.05, 3.63) is 43.0 Å². The second-order valence-electron chi connectivity index (χ2n) is 5.21. The van der Waals surface area contributed by atoms with Crippen LogP contribution in [0.25, 0.3) is 5.69 Å². The molecular weight excluding hydrogens is 268 g/mol. The summed E-state index contributed by atoms with van der Waals surface area (Å²) >= 11 is 0. The molecule has 1 saturated heterocycles. The average Bonchev–Trinajstić information content (AvgIpc) is 3.02. The first kappa shape index (κ1) is 13.8. The van der Waals surface area contributed by atoms with Crippen LogP contribution in [0.1, 0.15) is 12.8 Å². The van der Waals surface area contributed by atoms with Gasteiger partial charge in [-0.15, -0.1) is 0 Å². The van der Waals surface area contributed by atoms with E-state index in [0.29, 0.717) is 26.1 Å². The Morgan fingerprint density at radius 1 is 1.33 bits per heavy atom. The number of rotatable bonds is 3. The number of aromatic nitrogens is 2. The standard InChI is InChI=1S/C15H18N4O2/c16-15(5-9-21-10-6-15)14(20)18-12-3-1-2-4-13(12)19-8-7-17-11-19/h1-4,7-8,11H,5-6,9-10,16H2,(H,18,20). The zero-order valence-electron chi connectivity index (χ0n) is 11.7. The number of hydrogen-bond acceptors (Lipinski definition) is 4. The van der Waals surface area contributed by atoms with Gasteiger partial charge < -0.3 is 20.4 Å². The number of hydrogen-bond donors (Lipinski definition) is 2. The van der Waals surface area contributed by atoms with Crippen LogP contribution in [0.4, 0.5) is 5.69 Å². The third kappa shape index (κ3) is 2.81. The number of nitrogens with zero attached hydrogens (tertiary/aromatic N) is 2. The molecule has 1 aliphatic rings. The van der Waals surface area contributed by atoms with Crippen molar-refractivity contribution >= 4 is 11.6 Å². The van der Waals surface area contributed by atoms with E-state index < -0.39 is 5.54 Å². The second kappa shape index (κ2) is 5.67. The van der Waals surface area contributed by atoms with Crippen molar-refractivity contribution in [2.24, 2.45) is 5.73 Å². The number of carbonyl (C=O) groups excluding carboxylic acids is 1. The van der Waals surface area contributed by atoms with Crippen molar-refractivity contribution in [3.8, 4) is 5.69 Å². The summed E-state index contributed by atoms with van der Waals surface area (Å²) in [4.78, 5) is 16.5. The van der Waals surface area contributed by atoms with E-state index >= 15 is 0 Å². The highest BCUT2D eigenvalue weighted by molar-refractivity contribution is 5.99. The Labute approximate surface area is 122 Å². The minimum absolute atomic E-state index is 0.168. The highest BCUT2D eigenvalue weighted by Gasteiger charge is 2.36. The number of benzene rings is 1. The molecule has 0 saturated carbocycles. The highest BCUT2D eigenvalue weighted by Crippen LogP contribution is 2.24. The first-order chi connectivity index (χ1) is 10.2. The predicted octanol–water partition coefficient (Wildman–Crippen LogP) is 1.32. The van der Waals surface area contributed by atoms with Crippen LogP contribution in [0.3, 0.4) is 0 Å². The minimum Gasteiger partial charge on any atom is -0.381 e. The molecule has 2 heterocycles. The Hall–Kier alpha value is -2.18. The molecule has 21 heavy (non-hydrogen) atoms. The summed E-state index contributed by atoms with van der Waals surface area (Å²) in [6.45, 7) is 1.04. The van der Waals surface area contributed by atoms with Crippen LogP contribution < -0.4 is 11.1 Å². The lowest BCUT2D eigenvalue weighted by Gasteiger charge is -2.32. The number of carbonyl (C=O) groups is 1. The van der Waals surface area contributed by atoms with Crippen molar-refractivity contribution in [1.29, 1.82) is 0 Å². The smallest absolute Gasteiger partial charge is 0.244 e. The zero-order valence-corrected chi connectivity index (χ0v) is 11.7. The molecule has 1 amide bonds. The van der Waals surface area contributed by atoms with Gasteiger partial charge >= 0.3 is 0 Å². The van der Waals surface area contributed by atoms with Crippen LogP contribution in [0.15, 0.2) is 43.0 Å². The van der Waals surface area contributed by atoms with Crippen LogP contribution in [0.5, 0.6) is 0 Å². The van der Waals surface area contributed by atoms with Crippen LogP contribution in [-0.2, 0) is 9.53 Å². The lowest BCUT2D eigenvalue weighted by atomic mass is 9.90. The first-order valence-electron chi connectivity index (χ1n) is 6.94. The Morgan fingerprint density at radius 2 is 2.10 bits per heavy atom. The van der Waals surface area contributed by atoms with Crippen LogP contribution >= 0.6 is 0 Å². The molecule has 6 nitrogen and oxygen atoms in total. The van der Waals surface area contributed by atoms with Crippen LogP contribution in [0.2, 0.25) is 0 Å². The summed E-state index contributed by atoms with van der Waals surface area (Å²) < 4.78 is 7.13. The summed E-state index contributed by atoms with van der Waals surface area (Å²) in [5.41, 5.74) is 6.93. The third-order valence-electron chi connectivity index (χ3n) is 3.77. The fraction of sp³-hybridized carbons (Fsp3) is 0.333. The van der Waals surface area contributed by atoms with Gasteiger partial charge in [-0.1, -0.05) is 12.1 Å². The molecule has 110 valence electrons. The van der Waals surface area contributed by atoms with Crippen molar-refractivity contribution in [2.45, 2.75) is 18.4 Å². The fourth-order valence-corrected chi connectivity index (χ4v) is 2.42. The van der Waals surface area contributed by atoms with Gasteiger partial charge in [0.1, 0.15) is 5.54 Å². The lowest BCUT2D eigenvalue weighted by molar-refractivity contribution is -0.124. The van der Waals surface area contributed by atoms with Crippen LogP contribution in [0, 0.1) is 0 Å². The highest BCUT2D eigenvalue weighted by atomic mass is 16.5. The third-order valence-corrected chi connectivity index (χ3v) is 3.77. The molecular formula is C15H18N4O2. The maximum atomic E-state index is 12.5. The molecule has 0 spiro atoms. The first-order valence-corrected chi connectivity index (χ1v) is 6.94. The summed E-state index contributed by atoms with van der Waals surface area (Å²) in [6.07, 6.45) is 6.29. The van der Waals surface area contributed by atoms with Gasteiger partial charge in [0.05, 0.1) is 17.7 Å². The molecule has 2 aromatic rings. The van der Waals surface area contributed by atoms with E-state index in [0.717, 1.165) is 11.4 Å². The Morgan fingerprint density at radius 3 is 2.81 bits per heavy atom. The van der Waals surface area contributed by atoms with E-state index in [1.54, 1.807) is 12.5 Å². The minimum atomic E-state index is -0.861. The van der Waals surface area contributed by atoms with Gasteiger partial charge in [-0.3, -0.25) is 4.79 Å². The van der Waals surface area contributed by atoms with E-state index in [1.807, 2.05) is 35.0 Å². The van der Waals surface area contributed by atoms with E-state index in [4.69, 9.17) is 10.5 Å². The van der Waals surface area contributed by atoms with Gasteiger partial charge in [-0.25, -0.2) is 4.98 Å². The van der Waals surface area contributed by atoms with Crippen molar-refractivity contribution in [3.63, 3.8) is 0 Å². The Balaban J connectivity index is 1.83. The molecule has 0 radical (unpaired) electrons. The van der Waals surface area contributed by atoms with E-state index in [9.17, 15) is 4.79 Å². The number of nitrogens with two attached hydrogens (primary N) is 1. The summed E-state index contributed by atoms with van der Waals surface area (Å²) in [5.74, 6) is -0.168. The van der Waals surface area contributed by atoms with E-state index in [2.05, 4.69) is 10.3 Å². The summed E-state index contributed by atoms with van der Waals surface area (Å²) in [7, 11) is 0. The molecule has 1 fully saturated rings. The molecule has 0 unspecified atom stereocenters. The second-order valence-corrected chi connectivity index (χ2v) is 5.21. The van der Waals surface area contributed by atoms with Gasteiger partial charge in [-0.05, 0) is 25.0 Å². The number of para-hydroxylation sites is 2. The molecule has 6 heteroatoms. The molecule has 3 N–H and O–H groups in total. The average molecular weight is 286 g/mol. The molecule has 1 aromatic heterocycles. The molecule has 1 aromatic carbocycles. The number of imidazole rings is 1. The summed E-state index contributed by atoms with van der Waals surface area (Å²) in [5, 5.41) is 2.94. The fourth-order valence-electron chi connectivity index (χ4n) is 2.42. The Bertz CT molecular complexity index is 618. The van der Waals surface area contributed by atoms with Crippen molar-refractivity contribution < 1.29 is 9.53 Å². The maximum Gasteiger partial charge on any atom is 0.244 e. The molecule has 0 aliphatic carbocycles. The number of nitrogens with one attached hydrogen (secondary N) is 1. The summed E-state index contributed by atoms with van der Waals surface area (Å²) in [6, 6.07) is 7.57. The predicted molar refractivity (Wildman–Crippen MR) is 79.2 cm³/mol. The van der Waals surface area contributed by atoms with E-state index in [1.165, 1.54) is 0 Å². The van der Waals surface area contributed by atoms with Gasteiger partial charge in [0.2, 0.25) is 5.91 Å². The van der Waals surface area contributed by atoms with Gasteiger partial charge in [0, 0.05) is 25.6 Å². The quantitative estimate of drug-likeness (QED) is 0.891. The molecule has 0 bridgehead atoms. The number of anilines is 1. The number of ether oxygens (including phenoxy) is 1. The van der Waals surface area contributed by atoms with Gasteiger partial charge in [0.15, 0.2) is 0 Å². The maximum absolute atomic E-state index is 12.5. The van der Waals surface area contributed by atoms with E-state index in [-0.39, 0.29) is 5.91 Å². The lowest BCUT2D eigenvalue weighted by Crippen LogP contribution is -2.54. The van der Waals surface area contributed by atoms with Gasteiger partial charge in [0.25, 0.3) is 0 Å². The molecule has 0 atom stereocenters. The topological polar surface area (TPSA) is 82.2 Å². The molecule has 1 aliphatic heterocycles. The van der Waals surface area contributed by atoms with Crippen LogP contribution in [-0.4, -0.2) is 34.2 Å². The largest absolute Gasteiger partial charge is 0.381 e. The van der Waals surface area contributed by atoms with Gasteiger partial charge in [-0.2, -0.15) is 0 Å². The zero-order chi connectivity index (χ0) is 14.7. The van der Waals surface area contributed by atoms with Crippen molar-refractivity contribution in [2.75, 3.05) is 18.5 Å². The Kier molecular flexibility index (Phi) is 3.72. The normalized spacial score (nSPS) is 17.4. The monoisotopic (exact) mass is 286 g/mol. The van der Waals surface area contributed by atoms with Crippen molar-refractivity contribution in [1.82, 2.24) is 9.55 Å². The molecule has 3 rings (SSSR count).